The highest BCUT2D eigenvalue weighted by Crippen LogP contribution is 2.17. The highest BCUT2D eigenvalue weighted by molar-refractivity contribution is 4.69. The zero-order valence-corrected chi connectivity index (χ0v) is 9.91. The summed E-state index contributed by atoms with van der Waals surface area (Å²) >= 11 is 0. The van der Waals surface area contributed by atoms with Crippen molar-refractivity contribution in [1.82, 2.24) is 0 Å². The summed E-state index contributed by atoms with van der Waals surface area (Å²) in [4.78, 5) is 0. The Labute approximate surface area is 93.3 Å². The van der Waals surface area contributed by atoms with Crippen LogP contribution in [-0.4, -0.2) is 32.0 Å². The van der Waals surface area contributed by atoms with Crippen LogP contribution in [0.3, 0.4) is 0 Å². The van der Waals surface area contributed by atoms with Crippen LogP contribution in [0.1, 0.15) is 45.4 Å². The molecule has 2 unspecified atom stereocenters. The quantitative estimate of drug-likeness (QED) is 0.631. The first-order valence-electron chi connectivity index (χ1n) is 6.28. The minimum atomic E-state index is 0.283. The van der Waals surface area contributed by atoms with E-state index in [0.717, 1.165) is 45.5 Å². The number of hydrogen-bond acceptors (Lipinski definition) is 3. The van der Waals surface area contributed by atoms with Crippen molar-refractivity contribution in [3.63, 3.8) is 0 Å². The Kier molecular flexibility index (Phi) is 6.98. The topological polar surface area (TPSA) is 44.5 Å². The Hall–Kier alpha value is -0.120. The Bertz CT molecular complexity index is 147. The summed E-state index contributed by atoms with van der Waals surface area (Å²) in [6, 6.07) is 0.283. The molecule has 1 heterocycles. The Morgan fingerprint density at radius 1 is 1.40 bits per heavy atom. The first kappa shape index (κ1) is 12.9. The minimum absolute atomic E-state index is 0.283. The molecular weight excluding hydrogens is 190 g/mol. The van der Waals surface area contributed by atoms with Gasteiger partial charge in [0.25, 0.3) is 0 Å². The number of rotatable bonds is 8. The molecule has 0 bridgehead atoms. The van der Waals surface area contributed by atoms with Crippen molar-refractivity contribution < 1.29 is 9.47 Å². The van der Waals surface area contributed by atoms with Crippen molar-refractivity contribution >= 4 is 0 Å². The second-order valence-electron chi connectivity index (χ2n) is 4.37. The van der Waals surface area contributed by atoms with E-state index in [1.807, 2.05) is 0 Å². The summed E-state index contributed by atoms with van der Waals surface area (Å²) in [5.41, 5.74) is 6.00. The lowest BCUT2D eigenvalue weighted by Crippen LogP contribution is -2.24. The smallest absolute Gasteiger partial charge is 0.0576 e. The molecule has 3 heteroatoms. The molecule has 0 aromatic heterocycles. The van der Waals surface area contributed by atoms with E-state index in [1.54, 1.807) is 0 Å². The summed E-state index contributed by atoms with van der Waals surface area (Å²) in [5, 5.41) is 0. The van der Waals surface area contributed by atoms with Crippen LogP contribution < -0.4 is 5.73 Å². The van der Waals surface area contributed by atoms with Gasteiger partial charge in [0, 0.05) is 25.9 Å². The van der Waals surface area contributed by atoms with E-state index in [9.17, 15) is 0 Å². The summed E-state index contributed by atoms with van der Waals surface area (Å²) in [6.07, 6.45) is 7.18. The standard InChI is InChI=1S/C12H25NO2/c1-2-8-14-10-7-11(13)5-6-12-4-3-9-15-12/h11-12H,2-10,13H2,1H3. The first-order valence-corrected chi connectivity index (χ1v) is 6.28. The van der Waals surface area contributed by atoms with Crippen LogP contribution >= 0.6 is 0 Å². The average molecular weight is 215 g/mol. The summed E-state index contributed by atoms with van der Waals surface area (Å²) in [6.45, 7) is 4.73. The van der Waals surface area contributed by atoms with Gasteiger partial charge in [0.05, 0.1) is 6.10 Å². The van der Waals surface area contributed by atoms with Gasteiger partial charge in [-0.3, -0.25) is 0 Å². The number of ether oxygens (including phenoxy) is 2. The summed E-state index contributed by atoms with van der Waals surface area (Å²) < 4.78 is 11.0. The molecule has 0 saturated carbocycles. The van der Waals surface area contributed by atoms with E-state index in [2.05, 4.69) is 6.92 Å². The molecule has 15 heavy (non-hydrogen) atoms. The van der Waals surface area contributed by atoms with Gasteiger partial charge in [-0.15, -0.1) is 0 Å². The molecule has 0 aromatic rings. The molecule has 0 aliphatic carbocycles. The van der Waals surface area contributed by atoms with Gasteiger partial charge in [-0.1, -0.05) is 6.92 Å². The molecule has 1 saturated heterocycles. The predicted octanol–water partition coefficient (Wildman–Crippen LogP) is 2.09. The fourth-order valence-corrected chi connectivity index (χ4v) is 1.90. The van der Waals surface area contributed by atoms with Gasteiger partial charge in [-0.2, -0.15) is 0 Å². The third kappa shape index (κ3) is 6.13. The third-order valence-corrected chi connectivity index (χ3v) is 2.86. The highest BCUT2D eigenvalue weighted by atomic mass is 16.5. The van der Waals surface area contributed by atoms with E-state index in [1.165, 1.54) is 12.8 Å². The van der Waals surface area contributed by atoms with Crippen molar-refractivity contribution in [1.29, 1.82) is 0 Å². The highest BCUT2D eigenvalue weighted by Gasteiger charge is 2.16. The van der Waals surface area contributed by atoms with E-state index >= 15 is 0 Å². The van der Waals surface area contributed by atoms with Crippen LogP contribution in [-0.2, 0) is 9.47 Å². The van der Waals surface area contributed by atoms with Crippen molar-refractivity contribution in [3.05, 3.63) is 0 Å². The van der Waals surface area contributed by atoms with Gasteiger partial charge >= 0.3 is 0 Å². The number of hydrogen-bond donors (Lipinski definition) is 1. The lowest BCUT2D eigenvalue weighted by molar-refractivity contribution is 0.0964. The Balaban J connectivity index is 1.90. The van der Waals surface area contributed by atoms with Crippen LogP contribution in [0, 0.1) is 0 Å². The van der Waals surface area contributed by atoms with E-state index < -0.39 is 0 Å². The van der Waals surface area contributed by atoms with Gasteiger partial charge in [0.15, 0.2) is 0 Å². The molecule has 2 N–H and O–H groups in total. The van der Waals surface area contributed by atoms with E-state index in [-0.39, 0.29) is 6.04 Å². The maximum Gasteiger partial charge on any atom is 0.0576 e. The van der Waals surface area contributed by atoms with Crippen LogP contribution in [0.4, 0.5) is 0 Å². The third-order valence-electron chi connectivity index (χ3n) is 2.86. The summed E-state index contributed by atoms with van der Waals surface area (Å²) in [7, 11) is 0. The van der Waals surface area contributed by atoms with E-state index in [4.69, 9.17) is 15.2 Å². The van der Waals surface area contributed by atoms with Crippen molar-refractivity contribution in [2.24, 2.45) is 5.73 Å². The number of nitrogens with two attached hydrogens (primary N) is 1. The molecule has 1 fully saturated rings. The fraction of sp³-hybridized carbons (Fsp3) is 1.00. The maximum atomic E-state index is 6.00. The molecule has 0 spiro atoms. The molecule has 3 nitrogen and oxygen atoms in total. The predicted molar refractivity (Wildman–Crippen MR) is 61.9 cm³/mol. The van der Waals surface area contributed by atoms with Crippen LogP contribution in [0.2, 0.25) is 0 Å². The normalized spacial score (nSPS) is 23.2. The Morgan fingerprint density at radius 3 is 2.93 bits per heavy atom. The van der Waals surface area contributed by atoms with Crippen molar-refractivity contribution in [2.75, 3.05) is 19.8 Å². The second-order valence-corrected chi connectivity index (χ2v) is 4.37. The molecule has 0 radical (unpaired) electrons. The van der Waals surface area contributed by atoms with E-state index in [0.29, 0.717) is 6.10 Å². The molecule has 1 aliphatic heterocycles. The summed E-state index contributed by atoms with van der Waals surface area (Å²) in [5.74, 6) is 0. The fourth-order valence-electron chi connectivity index (χ4n) is 1.90. The molecule has 0 aromatic carbocycles. The molecule has 2 atom stereocenters. The van der Waals surface area contributed by atoms with Crippen LogP contribution in [0.25, 0.3) is 0 Å². The lowest BCUT2D eigenvalue weighted by Gasteiger charge is -2.14. The van der Waals surface area contributed by atoms with Crippen molar-refractivity contribution in [3.8, 4) is 0 Å². The largest absolute Gasteiger partial charge is 0.381 e. The molecular formula is C12H25NO2. The molecule has 0 amide bonds. The van der Waals surface area contributed by atoms with Crippen molar-refractivity contribution in [2.45, 2.75) is 57.6 Å². The van der Waals surface area contributed by atoms with Gasteiger partial charge in [0.2, 0.25) is 0 Å². The van der Waals surface area contributed by atoms with Gasteiger partial charge < -0.3 is 15.2 Å². The van der Waals surface area contributed by atoms with Gasteiger partial charge in [-0.25, -0.2) is 0 Å². The second kappa shape index (κ2) is 8.08. The SMILES string of the molecule is CCCOCCC(N)CCC1CCCO1. The van der Waals surface area contributed by atoms with Crippen LogP contribution in [0.5, 0.6) is 0 Å². The zero-order chi connectivity index (χ0) is 10.9. The monoisotopic (exact) mass is 215 g/mol. The molecule has 1 aliphatic rings. The lowest BCUT2D eigenvalue weighted by atomic mass is 10.0. The minimum Gasteiger partial charge on any atom is -0.381 e. The average Bonchev–Trinajstić information content (AvgIpc) is 2.74. The first-order chi connectivity index (χ1) is 7.33. The Morgan fingerprint density at radius 2 is 2.27 bits per heavy atom. The van der Waals surface area contributed by atoms with Gasteiger partial charge in [-0.05, 0) is 38.5 Å². The molecule has 90 valence electrons. The van der Waals surface area contributed by atoms with Gasteiger partial charge in [0.1, 0.15) is 0 Å². The molecule has 1 rings (SSSR count). The zero-order valence-electron chi connectivity index (χ0n) is 9.91. The van der Waals surface area contributed by atoms with Crippen LogP contribution in [0.15, 0.2) is 0 Å². The maximum absolute atomic E-state index is 6.00.